The van der Waals surface area contributed by atoms with Crippen LogP contribution in [0.5, 0.6) is 0 Å². The molecule has 1 aromatic carbocycles. The zero-order valence-corrected chi connectivity index (χ0v) is 15.2. The van der Waals surface area contributed by atoms with E-state index < -0.39 is 0 Å². The largest absolute Gasteiger partial charge is 0.371 e. The molecule has 3 aromatic rings. The Bertz CT molecular complexity index is 935. The molecule has 1 aliphatic heterocycles. The molecule has 0 saturated carbocycles. The standard InChI is InChI=1S/C19H18ClN5O2/c20-18-9-16(5-6-22-18)25-12-14(10-23-25)19(26)24-15-3-1-13(2-4-15)17-11-21-7-8-27-17/h1-6,9-10,12,17,21H,7-8,11H2,(H,24,26)/t17-/m1/s1. The highest BCUT2D eigenvalue weighted by Gasteiger charge is 2.16. The zero-order valence-electron chi connectivity index (χ0n) is 14.4. The number of ether oxygens (including phenoxy) is 1. The number of carbonyl (C=O) groups is 1. The Hall–Kier alpha value is -2.74. The van der Waals surface area contributed by atoms with Crippen molar-refractivity contribution < 1.29 is 9.53 Å². The van der Waals surface area contributed by atoms with Gasteiger partial charge in [-0.3, -0.25) is 4.79 Å². The molecule has 0 aliphatic carbocycles. The van der Waals surface area contributed by atoms with E-state index in [2.05, 4.69) is 20.7 Å². The van der Waals surface area contributed by atoms with Crippen molar-refractivity contribution in [3.8, 4) is 5.69 Å². The van der Waals surface area contributed by atoms with Gasteiger partial charge in [-0.15, -0.1) is 0 Å². The average molecular weight is 384 g/mol. The molecule has 1 saturated heterocycles. The normalized spacial score (nSPS) is 16.9. The lowest BCUT2D eigenvalue weighted by Gasteiger charge is -2.24. The summed E-state index contributed by atoms with van der Waals surface area (Å²) in [5.74, 6) is -0.232. The maximum absolute atomic E-state index is 12.5. The number of halogens is 1. The molecular weight excluding hydrogens is 366 g/mol. The van der Waals surface area contributed by atoms with Gasteiger partial charge in [0.1, 0.15) is 5.15 Å². The summed E-state index contributed by atoms with van der Waals surface area (Å²) in [6.07, 6.45) is 4.80. The second-order valence-corrected chi connectivity index (χ2v) is 6.54. The van der Waals surface area contributed by atoms with Crippen LogP contribution < -0.4 is 10.6 Å². The van der Waals surface area contributed by atoms with Gasteiger partial charge in [0, 0.05) is 37.2 Å². The number of aromatic nitrogens is 3. The lowest BCUT2D eigenvalue weighted by atomic mass is 10.1. The second-order valence-electron chi connectivity index (χ2n) is 6.15. The zero-order chi connectivity index (χ0) is 18.6. The number of rotatable bonds is 4. The quantitative estimate of drug-likeness (QED) is 0.677. The molecule has 3 heterocycles. The molecule has 8 heteroatoms. The van der Waals surface area contributed by atoms with Crippen LogP contribution in [0.25, 0.3) is 5.69 Å². The molecule has 7 nitrogen and oxygen atoms in total. The monoisotopic (exact) mass is 383 g/mol. The number of hydrogen-bond donors (Lipinski definition) is 2. The summed E-state index contributed by atoms with van der Waals surface area (Å²) in [6.45, 7) is 2.38. The Kier molecular flexibility index (Phi) is 5.15. The summed E-state index contributed by atoms with van der Waals surface area (Å²) in [5.41, 5.74) is 2.99. The van der Waals surface area contributed by atoms with Crippen molar-refractivity contribution in [2.75, 3.05) is 25.0 Å². The van der Waals surface area contributed by atoms with Crippen molar-refractivity contribution in [1.29, 1.82) is 0 Å². The fourth-order valence-electron chi connectivity index (χ4n) is 2.88. The topological polar surface area (TPSA) is 81.1 Å². The molecule has 4 rings (SSSR count). The fraction of sp³-hybridized carbons (Fsp3) is 0.211. The number of nitrogens with zero attached hydrogens (tertiary/aromatic N) is 3. The lowest BCUT2D eigenvalue weighted by Crippen LogP contribution is -2.33. The molecular formula is C19H18ClN5O2. The van der Waals surface area contributed by atoms with Crippen molar-refractivity contribution in [2.45, 2.75) is 6.10 Å². The number of pyridine rings is 1. The van der Waals surface area contributed by atoms with Crippen molar-refractivity contribution in [2.24, 2.45) is 0 Å². The van der Waals surface area contributed by atoms with E-state index in [1.54, 1.807) is 29.2 Å². The first kappa shape index (κ1) is 17.7. The van der Waals surface area contributed by atoms with Gasteiger partial charge in [0.05, 0.1) is 30.2 Å². The highest BCUT2D eigenvalue weighted by atomic mass is 35.5. The van der Waals surface area contributed by atoms with Crippen LogP contribution in [0.15, 0.2) is 55.0 Å². The minimum atomic E-state index is -0.232. The molecule has 0 unspecified atom stereocenters. The fourth-order valence-corrected chi connectivity index (χ4v) is 3.05. The second kappa shape index (κ2) is 7.87. The molecule has 0 bridgehead atoms. The van der Waals surface area contributed by atoms with E-state index in [0.29, 0.717) is 23.0 Å². The van der Waals surface area contributed by atoms with Gasteiger partial charge < -0.3 is 15.4 Å². The van der Waals surface area contributed by atoms with E-state index in [4.69, 9.17) is 16.3 Å². The maximum atomic E-state index is 12.5. The third kappa shape index (κ3) is 4.16. The first-order chi connectivity index (χ1) is 13.2. The van der Waals surface area contributed by atoms with Crippen molar-refractivity contribution in [3.63, 3.8) is 0 Å². The number of benzene rings is 1. The molecule has 27 heavy (non-hydrogen) atoms. The van der Waals surface area contributed by atoms with E-state index in [0.717, 1.165) is 24.3 Å². The van der Waals surface area contributed by atoms with Crippen LogP contribution in [0.1, 0.15) is 22.0 Å². The van der Waals surface area contributed by atoms with Crippen LogP contribution in [0.3, 0.4) is 0 Å². The van der Waals surface area contributed by atoms with Gasteiger partial charge in [0.2, 0.25) is 0 Å². The van der Waals surface area contributed by atoms with Gasteiger partial charge in [-0.2, -0.15) is 5.10 Å². The molecule has 1 amide bonds. The van der Waals surface area contributed by atoms with Crippen molar-refractivity contribution in [3.05, 3.63) is 71.3 Å². The van der Waals surface area contributed by atoms with E-state index in [1.807, 2.05) is 24.3 Å². The molecule has 2 aromatic heterocycles. The first-order valence-electron chi connectivity index (χ1n) is 8.59. The van der Waals surface area contributed by atoms with Gasteiger partial charge in [0.25, 0.3) is 5.91 Å². The van der Waals surface area contributed by atoms with E-state index >= 15 is 0 Å². The van der Waals surface area contributed by atoms with Crippen LogP contribution in [0.4, 0.5) is 5.69 Å². The molecule has 1 atom stereocenters. The van der Waals surface area contributed by atoms with Gasteiger partial charge in [0.15, 0.2) is 0 Å². The summed E-state index contributed by atoms with van der Waals surface area (Å²) < 4.78 is 7.32. The summed E-state index contributed by atoms with van der Waals surface area (Å²) in [6, 6.07) is 11.1. The summed E-state index contributed by atoms with van der Waals surface area (Å²) >= 11 is 5.90. The summed E-state index contributed by atoms with van der Waals surface area (Å²) in [4.78, 5) is 16.4. The third-order valence-electron chi connectivity index (χ3n) is 4.29. The van der Waals surface area contributed by atoms with Crippen LogP contribution in [-0.4, -0.2) is 40.4 Å². The average Bonchev–Trinajstić information content (AvgIpc) is 3.20. The number of carbonyl (C=O) groups excluding carboxylic acids is 1. The Morgan fingerprint density at radius 1 is 1.30 bits per heavy atom. The molecule has 0 radical (unpaired) electrons. The van der Waals surface area contributed by atoms with E-state index in [1.165, 1.54) is 6.20 Å². The Morgan fingerprint density at radius 2 is 2.15 bits per heavy atom. The number of amides is 1. The van der Waals surface area contributed by atoms with Crippen LogP contribution in [0.2, 0.25) is 5.15 Å². The minimum absolute atomic E-state index is 0.0499. The Labute approximate surface area is 161 Å². The van der Waals surface area contributed by atoms with Gasteiger partial charge in [-0.05, 0) is 23.8 Å². The maximum Gasteiger partial charge on any atom is 0.258 e. The van der Waals surface area contributed by atoms with E-state index in [-0.39, 0.29) is 12.0 Å². The predicted molar refractivity (Wildman–Crippen MR) is 102 cm³/mol. The molecule has 0 spiro atoms. The third-order valence-corrected chi connectivity index (χ3v) is 4.49. The molecule has 2 N–H and O–H groups in total. The number of nitrogens with one attached hydrogen (secondary N) is 2. The van der Waals surface area contributed by atoms with Crippen LogP contribution in [0, 0.1) is 0 Å². The highest BCUT2D eigenvalue weighted by molar-refractivity contribution is 6.29. The van der Waals surface area contributed by atoms with Crippen molar-refractivity contribution in [1.82, 2.24) is 20.1 Å². The number of anilines is 1. The van der Waals surface area contributed by atoms with E-state index in [9.17, 15) is 4.79 Å². The smallest absolute Gasteiger partial charge is 0.258 e. The highest BCUT2D eigenvalue weighted by Crippen LogP contribution is 2.21. The van der Waals surface area contributed by atoms with Crippen molar-refractivity contribution >= 4 is 23.2 Å². The molecule has 1 fully saturated rings. The number of hydrogen-bond acceptors (Lipinski definition) is 5. The Balaban J connectivity index is 1.43. The minimum Gasteiger partial charge on any atom is -0.371 e. The SMILES string of the molecule is O=C(Nc1ccc([C@H]2CNCCO2)cc1)c1cnn(-c2ccnc(Cl)c2)c1. The number of morpholine rings is 1. The van der Waals surface area contributed by atoms with Gasteiger partial charge in [-0.25, -0.2) is 9.67 Å². The summed E-state index contributed by atoms with van der Waals surface area (Å²) in [5, 5.41) is 10.8. The lowest BCUT2D eigenvalue weighted by molar-refractivity contribution is 0.0277. The molecule has 138 valence electrons. The first-order valence-corrected chi connectivity index (χ1v) is 8.97. The van der Waals surface area contributed by atoms with Gasteiger partial charge in [-0.1, -0.05) is 23.7 Å². The van der Waals surface area contributed by atoms with Crippen LogP contribution in [-0.2, 0) is 4.74 Å². The predicted octanol–water partition coefficient (Wildman–Crippen LogP) is 2.83. The molecule has 1 aliphatic rings. The van der Waals surface area contributed by atoms with Crippen LogP contribution >= 0.6 is 11.6 Å². The summed E-state index contributed by atoms with van der Waals surface area (Å²) in [7, 11) is 0. The van der Waals surface area contributed by atoms with Gasteiger partial charge >= 0.3 is 0 Å². The Morgan fingerprint density at radius 3 is 2.89 bits per heavy atom.